The minimum Gasteiger partial charge on any atom is -0.497 e. The Morgan fingerprint density at radius 1 is 1.38 bits per heavy atom. The molecule has 2 bridgehead atoms. The van der Waals surface area contributed by atoms with Crippen molar-refractivity contribution < 1.29 is 23.6 Å². The molecule has 1 aromatic heterocycles. The molecule has 0 aliphatic carbocycles. The van der Waals surface area contributed by atoms with Gasteiger partial charge in [0.2, 0.25) is 11.8 Å². The van der Waals surface area contributed by atoms with E-state index in [0.717, 1.165) is 11.3 Å². The van der Waals surface area contributed by atoms with Crippen molar-refractivity contribution in [1.82, 2.24) is 10.5 Å². The number of methoxy groups -OCH3 is 1. The molecule has 8 heteroatoms. The molecular formula is C21H21N3O5. The van der Waals surface area contributed by atoms with Gasteiger partial charge in [0.05, 0.1) is 31.6 Å². The second-order valence-electron chi connectivity index (χ2n) is 7.69. The Balaban J connectivity index is 1.33. The summed E-state index contributed by atoms with van der Waals surface area (Å²) in [7, 11) is 1.61. The van der Waals surface area contributed by atoms with Crippen LogP contribution >= 0.6 is 0 Å². The van der Waals surface area contributed by atoms with Crippen molar-refractivity contribution >= 4 is 17.6 Å². The van der Waals surface area contributed by atoms with E-state index in [-0.39, 0.29) is 17.9 Å². The number of carbonyl (C=O) groups is 2. The van der Waals surface area contributed by atoms with E-state index < -0.39 is 17.4 Å². The molecule has 29 heavy (non-hydrogen) atoms. The van der Waals surface area contributed by atoms with Gasteiger partial charge in [-0.2, -0.15) is 0 Å². The summed E-state index contributed by atoms with van der Waals surface area (Å²) in [4.78, 5) is 27.7. The number of anilines is 1. The number of benzene rings is 1. The summed E-state index contributed by atoms with van der Waals surface area (Å²) in [6, 6.07) is 9.20. The SMILES string of the molecule is COc1ccc(CNC(=O)[C@H]2[C@H]3C(=O)N(c4cc(C)on4)C[C@]34C=C[C@H]2O4)cc1. The Kier molecular flexibility index (Phi) is 3.99. The second-order valence-corrected chi connectivity index (χ2v) is 7.69. The van der Waals surface area contributed by atoms with E-state index in [4.69, 9.17) is 14.0 Å². The van der Waals surface area contributed by atoms with Crippen molar-refractivity contribution in [3.63, 3.8) is 0 Å². The van der Waals surface area contributed by atoms with Crippen molar-refractivity contribution in [2.45, 2.75) is 25.2 Å². The number of fused-ring (bicyclic) bond motifs is 1. The van der Waals surface area contributed by atoms with E-state index in [1.54, 1.807) is 25.0 Å². The first-order chi connectivity index (χ1) is 14.0. The van der Waals surface area contributed by atoms with Gasteiger partial charge >= 0.3 is 0 Å². The Morgan fingerprint density at radius 3 is 2.86 bits per heavy atom. The van der Waals surface area contributed by atoms with Crippen molar-refractivity contribution in [1.29, 1.82) is 0 Å². The highest BCUT2D eigenvalue weighted by Crippen LogP contribution is 2.52. The quantitative estimate of drug-likeness (QED) is 0.773. The van der Waals surface area contributed by atoms with Gasteiger partial charge in [0.15, 0.2) is 5.82 Å². The van der Waals surface area contributed by atoms with Gasteiger partial charge in [0.1, 0.15) is 17.1 Å². The van der Waals surface area contributed by atoms with E-state index >= 15 is 0 Å². The Hall–Kier alpha value is -3.13. The molecule has 2 fully saturated rings. The molecule has 2 amide bonds. The summed E-state index contributed by atoms with van der Waals surface area (Å²) >= 11 is 0. The van der Waals surface area contributed by atoms with E-state index in [1.165, 1.54) is 0 Å². The summed E-state index contributed by atoms with van der Waals surface area (Å²) in [5.41, 5.74) is 0.169. The van der Waals surface area contributed by atoms with Gasteiger partial charge in [-0.1, -0.05) is 29.4 Å². The topological polar surface area (TPSA) is 93.9 Å². The lowest BCUT2D eigenvalue weighted by Gasteiger charge is -2.23. The lowest BCUT2D eigenvalue weighted by atomic mass is 9.77. The highest BCUT2D eigenvalue weighted by atomic mass is 16.5. The van der Waals surface area contributed by atoms with E-state index in [9.17, 15) is 9.59 Å². The van der Waals surface area contributed by atoms with Crippen molar-refractivity contribution in [3.05, 3.63) is 53.8 Å². The fourth-order valence-electron chi connectivity index (χ4n) is 4.52. The summed E-state index contributed by atoms with van der Waals surface area (Å²) in [6.45, 7) is 2.47. The van der Waals surface area contributed by atoms with Gasteiger partial charge in [-0.05, 0) is 24.6 Å². The van der Waals surface area contributed by atoms with Crippen molar-refractivity contribution in [2.24, 2.45) is 11.8 Å². The van der Waals surface area contributed by atoms with E-state index in [2.05, 4.69) is 10.5 Å². The molecule has 1 N–H and O–H groups in total. The maximum absolute atomic E-state index is 13.2. The van der Waals surface area contributed by atoms with Gasteiger partial charge in [-0.25, -0.2) is 0 Å². The normalized spacial score (nSPS) is 29.4. The Morgan fingerprint density at radius 2 is 2.17 bits per heavy atom. The number of aromatic nitrogens is 1. The first kappa shape index (κ1) is 17.9. The third-order valence-electron chi connectivity index (χ3n) is 5.92. The lowest BCUT2D eigenvalue weighted by molar-refractivity contribution is -0.132. The summed E-state index contributed by atoms with van der Waals surface area (Å²) in [5.74, 6) is 0.358. The summed E-state index contributed by atoms with van der Waals surface area (Å²) in [6.07, 6.45) is 3.42. The molecule has 2 aromatic rings. The van der Waals surface area contributed by atoms with Crippen molar-refractivity contribution in [3.8, 4) is 5.75 Å². The summed E-state index contributed by atoms with van der Waals surface area (Å²) < 4.78 is 16.4. The van der Waals surface area contributed by atoms with Crippen LogP contribution in [-0.2, 0) is 20.9 Å². The highest BCUT2D eigenvalue weighted by Gasteiger charge is 2.67. The third kappa shape index (κ3) is 2.74. The predicted molar refractivity (Wildman–Crippen MR) is 102 cm³/mol. The zero-order chi connectivity index (χ0) is 20.2. The zero-order valence-electron chi connectivity index (χ0n) is 16.1. The standard InChI is InChI=1S/C21H21N3O5/c1-12-9-16(23-29-12)24-11-21-8-7-15(28-21)17(18(21)20(24)26)19(25)22-10-13-3-5-14(27-2)6-4-13/h3-9,15,17-18H,10-11H2,1-2H3,(H,22,25)/t15-,17-,18+,21-/m1/s1. The molecule has 1 aromatic carbocycles. The average Bonchev–Trinajstić information content (AvgIpc) is 3.47. The number of ether oxygens (including phenoxy) is 2. The van der Waals surface area contributed by atoms with Crippen LogP contribution in [0.4, 0.5) is 5.82 Å². The Labute approximate surface area is 167 Å². The van der Waals surface area contributed by atoms with Crippen LogP contribution in [0.3, 0.4) is 0 Å². The van der Waals surface area contributed by atoms with Crippen LogP contribution in [0.5, 0.6) is 5.75 Å². The molecule has 3 aliphatic heterocycles. The minimum atomic E-state index is -0.781. The van der Waals surface area contributed by atoms with E-state index in [1.807, 2.05) is 36.4 Å². The Bertz CT molecular complexity index is 998. The first-order valence-electron chi connectivity index (χ1n) is 9.53. The molecular weight excluding hydrogens is 374 g/mol. The van der Waals surface area contributed by atoms with E-state index in [0.29, 0.717) is 24.7 Å². The molecule has 2 saturated heterocycles. The first-order valence-corrected chi connectivity index (χ1v) is 9.53. The lowest BCUT2D eigenvalue weighted by Crippen LogP contribution is -2.44. The number of aryl methyl sites for hydroxylation is 1. The van der Waals surface area contributed by atoms with Crippen LogP contribution in [0.2, 0.25) is 0 Å². The van der Waals surface area contributed by atoms with Gasteiger partial charge in [-0.15, -0.1) is 0 Å². The number of carbonyl (C=O) groups excluding carboxylic acids is 2. The predicted octanol–water partition coefficient (Wildman–Crippen LogP) is 1.59. The summed E-state index contributed by atoms with van der Waals surface area (Å²) in [5, 5.41) is 6.91. The van der Waals surface area contributed by atoms with Crippen LogP contribution in [0.1, 0.15) is 11.3 Å². The highest BCUT2D eigenvalue weighted by molar-refractivity contribution is 6.02. The molecule has 4 heterocycles. The van der Waals surface area contributed by atoms with Crippen molar-refractivity contribution in [2.75, 3.05) is 18.6 Å². The fraction of sp³-hybridized carbons (Fsp3) is 0.381. The van der Waals surface area contributed by atoms with Gasteiger partial charge in [-0.3, -0.25) is 14.5 Å². The van der Waals surface area contributed by atoms with Gasteiger partial charge < -0.3 is 19.3 Å². The van der Waals surface area contributed by atoms with Crippen LogP contribution in [0.15, 0.2) is 47.0 Å². The molecule has 4 atom stereocenters. The van der Waals surface area contributed by atoms with Crippen LogP contribution < -0.4 is 15.0 Å². The molecule has 0 radical (unpaired) electrons. The molecule has 0 saturated carbocycles. The maximum Gasteiger partial charge on any atom is 0.235 e. The average molecular weight is 395 g/mol. The number of hydrogen-bond acceptors (Lipinski definition) is 6. The maximum atomic E-state index is 13.2. The second kappa shape index (κ2) is 6.45. The fourth-order valence-corrected chi connectivity index (χ4v) is 4.52. The van der Waals surface area contributed by atoms with Crippen LogP contribution in [0, 0.1) is 18.8 Å². The molecule has 8 nitrogen and oxygen atoms in total. The molecule has 1 spiro atoms. The molecule has 150 valence electrons. The zero-order valence-corrected chi connectivity index (χ0v) is 16.1. The number of rotatable bonds is 5. The molecule has 0 unspecified atom stereocenters. The third-order valence-corrected chi connectivity index (χ3v) is 5.92. The van der Waals surface area contributed by atoms with Crippen LogP contribution in [-0.4, -0.2) is 42.3 Å². The molecule has 5 rings (SSSR count). The molecule has 3 aliphatic rings. The largest absolute Gasteiger partial charge is 0.497 e. The monoisotopic (exact) mass is 395 g/mol. The van der Waals surface area contributed by atoms with Crippen LogP contribution in [0.25, 0.3) is 0 Å². The smallest absolute Gasteiger partial charge is 0.235 e. The number of amides is 2. The number of nitrogens with zero attached hydrogens (tertiary/aromatic N) is 2. The minimum absolute atomic E-state index is 0.158. The number of hydrogen-bond donors (Lipinski definition) is 1. The van der Waals surface area contributed by atoms with Gasteiger partial charge in [0, 0.05) is 12.6 Å². The number of nitrogens with one attached hydrogen (secondary N) is 1. The van der Waals surface area contributed by atoms with Gasteiger partial charge in [0.25, 0.3) is 0 Å².